The molecule has 0 radical (unpaired) electrons. The van der Waals surface area contributed by atoms with Gasteiger partial charge in [0.2, 0.25) is 0 Å². The van der Waals surface area contributed by atoms with Crippen LogP contribution >= 0.6 is 0 Å². The monoisotopic (exact) mass is 278 g/mol. The van der Waals surface area contributed by atoms with Crippen LogP contribution < -0.4 is 15.5 Å². The van der Waals surface area contributed by atoms with Crippen LogP contribution in [-0.2, 0) is 11.3 Å². The first kappa shape index (κ1) is 16.2. The van der Waals surface area contributed by atoms with Crippen molar-refractivity contribution in [3.63, 3.8) is 0 Å². The van der Waals surface area contributed by atoms with E-state index >= 15 is 0 Å². The van der Waals surface area contributed by atoms with Gasteiger partial charge in [0.25, 0.3) is 5.91 Å². The molecular formula is C15H24N3O2+. The molecule has 1 atom stereocenters. The summed E-state index contributed by atoms with van der Waals surface area (Å²) in [6, 6.07) is 7.96. The van der Waals surface area contributed by atoms with Crippen molar-refractivity contribution in [1.82, 2.24) is 10.6 Å². The highest BCUT2D eigenvalue weighted by Crippen LogP contribution is 2.14. The predicted molar refractivity (Wildman–Crippen MR) is 78.6 cm³/mol. The number of rotatable bonds is 5. The number of nitrogens with one attached hydrogen (secondary N) is 3. The summed E-state index contributed by atoms with van der Waals surface area (Å²) in [5.74, 6) is 0.244. The van der Waals surface area contributed by atoms with E-state index in [4.69, 9.17) is 0 Å². The molecule has 0 aromatic heterocycles. The molecule has 0 heterocycles. The first-order valence-electron chi connectivity index (χ1n) is 6.84. The molecule has 0 aliphatic rings. The van der Waals surface area contributed by atoms with Crippen LogP contribution in [0, 0.1) is 0 Å². The molecule has 3 N–H and O–H groups in total. The highest BCUT2D eigenvalue weighted by Gasteiger charge is 2.12. The lowest BCUT2D eigenvalue weighted by molar-refractivity contribution is -0.885. The molecule has 20 heavy (non-hydrogen) atoms. The Morgan fingerprint density at radius 1 is 1.20 bits per heavy atom. The molecule has 0 fully saturated rings. The van der Waals surface area contributed by atoms with Crippen molar-refractivity contribution in [3.8, 4) is 0 Å². The molecule has 0 spiro atoms. The third-order valence-corrected chi connectivity index (χ3v) is 3.09. The van der Waals surface area contributed by atoms with Crippen LogP contribution in [0.15, 0.2) is 24.3 Å². The van der Waals surface area contributed by atoms with E-state index in [-0.39, 0.29) is 12.5 Å². The minimum atomic E-state index is -0.468. The molecule has 1 aromatic carbocycles. The Balaban J connectivity index is 2.47. The number of imide groups is 1. The van der Waals surface area contributed by atoms with Crippen molar-refractivity contribution in [1.29, 1.82) is 0 Å². The van der Waals surface area contributed by atoms with Crippen molar-refractivity contribution < 1.29 is 14.5 Å². The Bertz CT molecular complexity index is 455. The number of likely N-dealkylation sites (N-methyl/N-ethyl adjacent to an activating group) is 1. The topological polar surface area (TPSA) is 62.6 Å². The van der Waals surface area contributed by atoms with Crippen LogP contribution in [0.5, 0.6) is 0 Å². The van der Waals surface area contributed by atoms with Crippen LogP contribution in [0.1, 0.15) is 30.9 Å². The number of hydrogen-bond acceptors (Lipinski definition) is 2. The smallest absolute Gasteiger partial charge is 0.321 e. The van der Waals surface area contributed by atoms with E-state index in [0.717, 1.165) is 11.4 Å². The third-order valence-electron chi connectivity index (χ3n) is 3.09. The quantitative estimate of drug-likeness (QED) is 0.724. The number of benzene rings is 1. The Morgan fingerprint density at radius 3 is 2.30 bits per heavy atom. The van der Waals surface area contributed by atoms with E-state index in [1.807, 2.05) is 7.05 Å². The van der Waals surface area contributed by atoms with Gasteiger partial charge in [0.05, 0.1) is 7.05 Å². The van der Waals surface area contributed by atoms with Gasteiger partial charge in [-0.3, -0.25) is 10.1 Å². The van der Waals surface area contributed by atoms with Crippen LogP contribution in [0.2, 0.25) is 0 Å². The lowest BCUT2D eigenvalue weighted by Gasteiger charge is -2.14. The summed E-state index contributed by atoms with van der Waals surface area (Å²) in [6.45, 7) is 5.34. The molecule has 0 bridgehead atoms. The first-order chi connectivity index (χ1) is 9.42. The number of hydrogen-bond donors (Lipinski definition) is 3. The Morgan fingerprint density at radius 2 is 1.80 bits per heavy atom. The normalized spacial score (nSPS) is 12.1. The van der Waals surface area contributed by atoms with Crippen molar-refractivity contribution in [2.75, 3.05) is 20.6 Å². The largest absolute Gasteiger partial charge is 0.341 e. The minimum absolute atomic E-state index is 0.263. The van der Waals surface area contributed by atoms with Crippen LogP contribution in [0.4, 0.5) is 4.79 Å². The van der Waals surface area contributed by atoms with Gasteiger partial charge in [-0.05, 0) is 11.5 Å². The zero-order valence-electron chi connectivity index (χ0n) is 12.6. The Kier molecular flexibility index (Phi) is 6.18. The van der Waals surface area contributed by atoms with Gasteiger partial charge in [-0.15, -0.1) is 0 Å². The number of carbonyl (C=O) groups is 2. The van der Waals surface area contributed by atoms with Crippen molar-refractivity contribution in [2.45, 2.75) is 26.3 Å². The van der Waals surface area contributed by atoms with E-state index in [1.165, 1.54) is 18.2 Å². The fourth-order valence-corrected chi connectivity index (χ4v) is 1.94. The second-order valence-electron chi connectivity index (χ2n) is 5.33. The molecule has 1 rings (SSSR count). The van der Waals surface area contributed by atoms with Gasteiger partial charge in [-0.2, -0.15) is 0 Å². The number of urea groups is 1. The van der Waals surface area contributed by atoms with Crippen LogP contribution in [0.25, 0.3) is 0 Å². The van der Waals surface area contributed by atoms with Gasteiger partial charge in [-0.1, -0.05) is 38.1 Å². The van der Waals surface area contributed by atoms with Gasteiger partial charge < -0.3 is 10.2 Å². The number of amides is 3. The molecule has 0 saturated heterocycles. The maximum Gasteiger partial charge on any atom is 0.321 e. The Labute approximate surface area is 120 Å². The Hall–Kier alpha value is -1.88. The first-order valence-corrected chi connectivity index (χ1v) is 6.84. The zero-order chi connectivity index (χ0) is 15.1. The van der Waals surface area contributed by atoms with Crippen LogP contribution in [-0.4, -0.2) is 32.6 Å². The molecule has 5 heteroatoms. The summed E-state index contributed by atoms with van der Waals surface area (Å²) < 4.78 is 0. The summed E-state index contributed by atoms with van der Waals surface area (Å²) in [5.41, 5.74) is 2.49. The lowest BCUT2D eigenvalue weighted by atomic mass is 10.0. The zero-order valence-corrected chi connectivity index (χ0v) is 12.6. The van der Waals surface area contributed by atoms with Crippen molar-refractivity contribution in [2.24, 2.45) is 0 Å². The average Bonchev–Trinajstić information content (AvgIpc) is 2.38. The molecule has 0 saturated carbocycles. The summed E-state index contributed by atoms with van der Waals surface area (Å²) >= 11 is 0. The SMILES string of the molecule is CNC(=O)NC(=O)C[NH+](C)Cc1ccc(C(C)C)cc1. The van der Waals surface area contributed by atoms with E-state index in [1.54, 1.807) is 0 Å². The maximum absolute atomic E-state index is 11.6. The second kappa shape index (κ2) is 7.65. The molecule has 1 unspecified atom stereocenters. The molecule has 0 aliphatic carbocycles. The minimum Gasteiger partial charge on any atom is -0.341 e. The summed E-state index contributed by atoms with van der Waals surface area (Å²) in [5, 5.41) is 4.62. The third kappa shape index (κ3) is 5.40. The van der Waals surface area contributed by atoms with Crippen LogP contribution in [0.3, 0.4) is 0 Å². The highest BCUT2D eigenvalue weighted by atomic mass is 16.2. The fourth-order valence-electron chi connectivity index (χ4n) is 1.94. The fraction of sp³-hybridized carbons (Fsp3) is 0.467. The van der Waals surface area contributed by atoms with E-state index < -0.39 is 6.03 Å². The molecule has 0 aliphatic heterocycles. The average molecular weight is 278 g/mol. The molecule has 3 amide bonds. The number of quaternary nitrogens is 1. The molecular weight excluding hydrogens is 254 g/mol. The molecule has 5 nitrogen and oxygen atoms in total. The summed E-state index contributed by atoms with van der Waals surface area (Å²) in [6.07, 6.45) is 0. The van der Waals surface area contributed by atoms with Gasteiger partial charge in [0, 0.05) is 12.6 Å². The van der Waals surface area contributed by atoms with Crippen molar-refractivity contribution >= 4 is 11.9 Å². The summed E-state index contributed by atoms with van der Waals surface area (Å²) in [7, 11) is 3.41. The predicted octanol–water partition coefficient (Wildman–Crippen LogP) is 0.280. The van der Waals surface area contributed by atoms with Crippen molar-refractivity contribution in [3.05, 3.63) is 35.4 Å². The summed E-state index contributed by atoms with van der Waals surface area (Å²) in [4.78, 5) is 23.6. The lowest BCUT2D eigenvalue weighted by Crippen LogP contribution is -3.09. The van der Waals surface area contributed by atoms with E-state index in [2.05, 4.69) is 48.7 Å². The molecule has 1 aromatic rings. The van der Waals surface area contributed by atoms with Gasteiger partial charge in [0.15, 0.2) is 6.54 Å². The number of carbonyl (C=O) groups excluding carboxylic acids is 2. The van der Waals surface area contributed by atoms with Gasteiger partial charge in [-0.25, -0.2) is 4.79 Å². The van der Waals surface area contributed by atoms with E-state index in [9.17, 15) is 9.59 Å². The van der Waals surface area contributed by atoms with E-state index in [0.29, 0.717) is 5.92 Å². The van der Waals surface area contributed by atoms with Gasteiger partial charge >= 0.3 is 6.03 Å². The van der Waals surface area contributed by atoms with Gasteiger partial charge in [0.1, 0.15) is 6.54 Å². The molecule has 110 valence electrons. The second-order valence-corrected chi connectivity index (χ2v) is 5.33. The maximum atomic E-state index is 11.6. The highest BCUT2D eigenvalue weighted by molar-refractivity contribution is 5.94. The standard InChI is InChI=1S/C15H23N3O2/c1-11(2)13-7-5-12(6-8-13)9-18(4)10-14(19)17-15(20)16-3/h5-8,11H,9-10H2,1-4H3,(H2,16,17,19,20)/p+1.